The fourth-order valence-corrected chi connectivity index (χ4v) is 4.38. The summed E-state index contributed by atoms with van der Waals surface area (Å²) in [5.41, 5.74) is 1.63. The highest BCUT2D eigenvalue weighted by Gasteiger charge is 2.39. The molecule has 8 nitrogen and oxygen atoms in total. The molecule has 2 aromatic carbocycles. The Balaban J connectivity index is 1.44. The van der Waals surface area contributed by atoms with Gasteiger partial charge in [-0.1, -0.05) is 31.4 Å². The number of ether oxygens (including phenoxy) is 1. The van der Waals surface area contributed by atoms with E-state index in [4.69, 9.17) is 16.3 Å². The highest BCUT2D eigenvalue weighted by Crippen LogP contribution is 2.30. The number of likely N-dealkylation sites (tertiary alicyclic amines) is 1. The van der Waals surface area contributed by atoms with Gasteiger partial charge >= 0.3 is 5.97 Å². The molecule has 2 aromatic rings. The zero-order chi connectivity index (χ0) is 25.7. The Kier molecular flexibility index (Phi) is 8.05. The molecule has 1 saturated heterocycles. The first-order valence-electron chi connectivity index (χ1n) is 12.1. The molecular weight excluding hydrogens is 482 g/mol. The van der Waals surface area contributed by atoms with E-state index in [0.717, 1.165) is 43.7 Å². The van der Waals surface area contributed by atoms with E-state index >= 15 is 0 Å². The number of anilines is 2. The molecule has 9 heteroatoms. The first-order chi connectivity index (χ1) is 17.4. The van der Waals surface area contributed by atoms with E-state index < -0.39 is 17.8 Å². The summed E-state index contributed by atoms with van der Waals surface area (Å²) < 4.78 is 5.10. The van der Waals surface area contributed by atoms with Gasteiger partial charge in [-0.2, -0.15) is 0 Å². The van der Waals surface area contributed by atoms with Crippen molar-refractivity contribution in [2.75, 3.05) is 29.9 Å². The van der Waals surface area contributed by atoms with E-state index in [9.17, 15) is 19.2 Å². The molecule has 2 aliphatic rings. The molecule has 2 heterocycles. The average molecular weight is 510 g/mol. The summed E-state index contributed by atoms with van der Waals surface area (Å²) >= 11 is 6.23. The van der Waals surface area contributed by atoms with Crippen molar-refractivity contribution in [1.29, 1.82) is 0 Å². The Morgan fingerprint density at radius 1 is 0.889 bits per heavy atom. The van der Waals surface area contributed by atoms with Crippen LogP contribution in [0.3, 0.4) is 0 Å². The molecule has 1 N–H and O–H groups in total. The first kappa shape index (κ1) is 25.4. The Labute approximate surface area is 214 Å². The van der Waals surface area contributed by atoms with Crippen LogP contribution in [-0.4, -0.2) is 48.3 Å². The number of carbonyl (C=O) groups is 4. The van der Waals surface area contributed by atoms with Gasteiger partial charge in [0, 0.05) is 24.3 Å². The first-order valence-corrected chi connectivity index (χ1v) is 12.5. The van der Waals surface area contributed by atoms with Crippen LogP contribution < -0.4 is 10.2 Å². The highest BCUT2D eigenvalue weighted by atomic mass is 35.5. The fraction of sp³-hybridized carbons (Fsp3) is 0.333. The summed E-state index contributed by atoms with van der Waals surface area (Å²) in [6, 6.07) is 12.7. The second kappa shape index (κ2) is 11.4. The predicted octanol–water partition coefficient (Wildman–Crippen LogP) is 4.71. The zero-order valence-corrected chi connectivity index (χ0v) is 20.8. The number of rotatable bonds is 7. The number of hydrogen-bond donors (Lipinski definition) is 1. The molecule has 0 spiro atoms. The number of hydrogen-bond acceptors (Lipinski definition) is 6. The molecule has 0 aromatic heterocycles. The molecule has 0 saturated carbocycles. The van der Waals surface area contributed by atoms with Gasteiger partial charge in [0.1, 0.15) is 10.7 Å². The molecule has 4 rings (SSSR count). The van der Waals surface area contributed by atoms with Crippen molar-refractivity contribution < 1.29 is 23.9 Å². The molecule has 188 valence electrons. The minimum absolute atomic E-state index is 0.0129. The third-order valence-corrected chi connectivity index (χ3v) is 6.47. The monoisotopic (exact) mass is 509 g/mol. The van der Waals surface area contributed by atoms with E-state index in [2.05, 4.69) is 5.32 Å². The molecule has 1 fully saturated rings. The topological polar surface area (TPSA) is 96.0 Å². The number of esters is 1. The molecular formula is C27H28ClN3O5. The van der Waals surface area contributed by atoms with E-state index in [1.54, 1.807) is 24.3 Å². The smallest absolute Gasteiger partial charge is 0.338 e. The third-order valence-electron chi connectivity index (χ3n) is 6.12. The van der Waals surface area contributed by atoms with Gasteiger partial charge in [-0.25, -0.2) is 9.69 Å². The second-order valence-corrected chi connectivity index (χ2v) is 9.10. The lowest BCUT2D eigenvalue weighted by Gasteiger charge is -2.20. The van der Waals surface area contributed by atoms with Crippen LogP contribution in [0.25, 0.3) is 0 Å². The Morgan fingerprint density at radius 3 is 2.11 bits per heavy atom. The van der Waals surface area contributed by atoms with E-state index in [-0.39, 0.29) is 22.3 Å². The van der Waals surface area contributed by atoms with Crippen LogP contribution >= 0.6 is 11.6 Å². The van der Waals surface area contributed by atoms with Gasteiger partial charge in [-0.05, 0) is 67.8 Å². The van der Waals surface area contributed by atoms with E-state index in [0.29, 0.717) is 29.8 Å². The number of carbonyl (C=O) groups excluding carboxylic acids is 4. The second-order valence-electron chi connectivity index (χ2n) is 8.73. The lowest BCUT2D eigenvalue weighted by Crippen LogP contribution is -2.32. The number of nitrogens with zero attached hydrogens (tertiary/aromatic N) is 2. The maximum atomic E-state index is 13.1. The van der Waals surface area contributed by atoms with Crippen LogP contribution in [-0.2, 0) is 14.3 Å². The predicted molar refractivity (Wildman–Crippen MR) is 137 cm³/mol. The summed E-state index contributed by atoms with van der Waals surface area (Å²) in [5.74, 6) is -1.77. The quantitative estimate of drug-likeness (QED) is 0.429. The van der Waals surface area contributed by atoms with Gasteiger partial charge in [0.2, 0.25) is 0 Å². The number of benzene rings is 2. The standard InChI is InChI=1S/C27H28ClN3O5/c1-2-17-36-27(35)19-9-13-21(14-10-19)31-25(33)22(28)23(26(31)34)29-20-11-7-18(8-12-20)24(32)30-15-5-3-4-6-16-30/h7-14,29H,2-6,15-17H2,1H3. The van der Waals surface area contributed by atoms with Gasteiger partial charge in [0.25, 0.3) is 17.7 Å². The summed E-state index contributed by atoms with van der Waals surface area (Å²) in [4.78, 5) is 53.5. The van der Waals surface area contributed by atoms with Crippen molar-refractivity contribution >= 4 is 46.7 Å². The van der Waals surface area contributed by atoms with Crippen molar-refractivity contribution in [3.05, 3.63) is 70.4 Å². The molecule has 0 bridgehead atoms. The Hall–Kier alpha value is -3.65. The molecule has 0 unspecified atom stereocenters. The van der Waals surface area contributed by atoms with Crippen molar-refractivity contribution in [2.24, 2.45) is 0 Å². The summed E-state index contributed by atoms with van der Waals surface area (Å²) in [5, 5.41) is 2.68. The van der Waals surface area contributed by atoms with Crippen molar-refractivity contribution in [1.82, 2.24) is 4.90 Å². The van der Waals surface area contributed by atoms with Gasteiger partial charge in [-0.3, -0.25) is 14.4 Å². The molecule has 0 aliphatic carbocycles. The number of halogens is 1. The van der Waals surface area contributed by atoms with Crippen LogP contribution in [0.4, 0.5) is 11.4 Å². The number of amides is 3. The van der Waals surface area contributed by atoms with Crippen LogP contribution in [0.2, 0.25) is 0 Å². The van der Waals surface area contributed by atoms with Gasteiger partial charge < -0.3 is 15.0 Å². The zero-order valence-electron chi connectivity index (χ0n) is 20.1. The summed E-state index contributed by atoms with van der Waals surface area (Å²) in [6.45, 7) is 3.73. The molecule has 0 radical (unpaired) electrons. The molecule has 0 atom stereocenters. The van der Waals surface area contributed by atoms with Crippen LogP contribution in [0.5, 0.6) is 0 Å². The van der Waals surface area contributed by atoms with Crippen molar-refractivity contribution in [3.8, 4) is 0 Å². The summed E-state index contributed by atoms with van der Waals surface area (Å²) in [6.07, 6.45) is 5.01. The minimum Gasteiger partial charge on any atom is -0.462 e. The maximum absolute atomic E-state index is 13.1. The van der Waals surface area contributed by atoms with Crippen molar-refractivity contribution in [2.45, 2.75) is 39.0 Å². The largest absolute Gasteiger partial charge is 0.462 e. The van der Waals surface area contributed by atoms with Crippen molar-refractivity contribution in [3.63, 3.8) is 0 Å². The van der Waals surface area contributed by atoms with E-state index in [1.165, 1.54) is 24.3 Å². The normalized spacial score (nSPS) is 16.3. The SMILES string of the molecule is CCCOC(=O)c1ccc(N2C(=O)C(Cl)=C(Nc3ccc(C(=O)N4CCCCCC4)cc3)C2=O)cc1. The Morgan fingerprint density at radius 2 is 1.50 bits per heavy atom. The molecule has 3 amide bonds. The molecule has 2 aliphatic heterocycles. The van der Waals surface area contributed by atoms with E-state index in [1.807, 2.05) is 11.8 Å². The average Bonchev–Trinajstić information content (AvgIpc) is 3.09. The summed E-state index contributed by atoms with van der Waals surface area (Å²) in [7, 11) is 0. The van der Waals surface area contributed by atoms with Crippen LogP contribution in [0, 0.1) is 0 Å². The van der Waals surface area contributed by atoms with Crippen LogP contribution in [0.1, 0.15) is 59.7 Å². The lowest BCUT2D eigenvalue weighted by atomic mass is 10.1. The molecule has 36 heavy (non-hydrogen) atoms. The highest BCUT2D eigenvalue weighted by molar-refractivity contribution is 6.53. The number of imide groups is 1. The Bertz CT molecular complexity index is 1180. The van der Waals surface area contributed by atoms with Gasteiger partial charge in [-0.15, -0.1) is 0 Å². The van der Waals surface area contributed by atoms with Gasteiger partial charge in [0.05, 0.1) is 17.9 Å². The number of nitrogens with one attached hydrogen (secondary N) is 1. The fourth-order valence-electron chi connectivity index (χ4n) is 4.17. The van der Waals surface area contributed by atoms with Crippen LogP contribution in [0.15, 0.2) is 59.3 Å². The van der Waals surface area contributed by atoms with Gasteiger partial charge in [0.15, 0.2) is 0 Å². The third kappa shape index (κ3) is 5.44. The maximum Gasteiger partial charge on any atom is 0.338 e. The minimum atomic E-state index is -0.668. The lowest BCUT2D eigenvalue weighted by molar-refractivity contribution is -0.120.